The van der Waals surface area contributed by atoms with E-state index in [4.69, 9.17) is 4.74 Å². The lowest BCUT2D eigenvalue weighted by Gasteiger charge is -2.12. The summed E-state index contributed by atoms with van der Waals surface area (Å²) in [5.41, 5.74) is 1.12. The van der Waals surface area contributed by atoms with E-state index >= 15 is 0 Å². The van der Waals surface area contributed by atoms with Gasteiger partial charge in [-0.25, -0.2) is 4.39 Å². The predicted octanol–water partition coefficient (Wildman–Crippen LogP) is 4.66. The van der Waals surface area contributed by atoms with Crippen molar-refractivity contribution in [1.29, 1.82) is 0 Å². The van der Waals surface area contributed by atoms with Gasteiger partial charge in [0.25, 0.3) is 0 Å². The molecule has 2 nitrogen and oxygen atoms in total. The molecule has 0 heterocycles. The lowest BCUT2D eigenvalue weighted by molar-refractivity contribution is 0.474. The van der Waals surface area contributed by atoms with E-state index in [1.54, 1.807) is 6.07 Å². The van der Waals surface area contributed by atoms with Crippen LogP contribution in [0.25, 0.3) is 0 Å². The average molecular weight is 324 g/mol. The van der Waals surface area contributed by atoms with Crippen LogP contribution < -0.4 is 10.1 Å². The quantitative estimate of drug-likeness (QED) is 0.883. The SMILES string of the molecule is CNC(C)c1cccc(Oc2cc(F)cc(Br)c2)c1. The maximum absolute atomic E-state index is 13.3. The Balaban J connectivity index is 2.23. The first-order valence-electron chi connectivity index (χ1n) is 5.99. The first-order chi connectivity index (χ1) is 9.08. The van der Waals surface area contributed by atoms with E-state index in [2.05, 4.69) is 28.2 Å². The number of rotatable bonds is 4. The highest BCUT2D eigenvalue weighted by atomic mass is 79.9. The van der Waals surface area contributed by atoms with Gasteiger partial charge in [-0.15, -0.1) is 0 Å². The van der Waals surface area contributed by atoms with E-state index in [0.717, 1.165) is 5.56 Å². The van der Waals surface area contributed by atoms with Crippen molar-refractivity contribution in [2.45, 2.75) is 13.0 Å². The zero-order valence-electron chi connectivity index (χ0n) is 10.8. The molecule has 0 aliphatic heterocycles. The Kier molecular flexibility index (Phi) is 4.56. The van der Waals surface area contributed by atoms with Crippen molar-refractivity contribution in [3.8, 4) is 11.5 Å². The summed E-state index contributed by atoms with van der Waals surface area (Å²) in [4.78, 5) is 0. The Morgan fingerprint density at radius 3 is 2.63 bits per heavy atom. The van der Waals surface area contributed by atoms with Gasteiger partial charge in [-0.05, 0) is 43.8 Å². The average Bonchev–Trinajstić information content (AvgIpc) is 2.37. The molecule has 0 bridgehead atoms. The lowest BCUT2D eigenvalue weighted by atomic mass is 10.1. The molecular weight excluding hydrogens is 309 g/mol. The van der Waals surface area contributed by atoms with Crippen LogP contribution in [0.15, 0.2) is 46.9 Å². The summed E-state index contributed by atoms with van der Waals surface area (Å²) in [7, 11) is 1.90. The first kappa shape index (κ1) is 14.0. The first-order valence-corrected chi connectivity index (χ1v) is 6.79. The molecule has 1 N–H and O–H groups in total. The molecule has 0 amide bonds. The number of hydrogen-bond acceptors (Lipinski definition) is 2. The molecule has 19 heavy (non-hydrogen) atoms. The molecule has 0 aliphatic carbocycles. The predicted molar refractivity (Wildman–Crippen MR) is 78.1 cm³/mol. The number of ether oxygens (including phenoxy) is 1. The van der Waals surface area contributed by atoms with E-state index in [9.17, 15) is 4.39 Å². The van der Waals surface area contributed by atoms with Crippen molar-refractivity contribution in [3.63, 3.8) is 0 Å². The standard InChI is InChI=1S/C15H15BrFNO/c1-10(18-2)11-4-3-5-14(6-11)19-15-8-12(16)7-13(17)9-15/h3-10,18H,1-2H3. The van der Waals surface area contributed by atoms with Crippen LogP contribution in [0.3, 0.4) is 0 Å². The molecule has 1 unspecified atom stereocenters. The summed E-state index contributed by atoms with van der Waals surface area (Å²) in [6.07, 6.45) is 0. The summed E-state index contributed by atoms with van der Waals surface area (Å²) in [5.74, 6) is 0.836. The highest BCUT2D eigenvalue weighted by Crippen LogP contribution is 2.27. The largest absolute Gasteiger partial charge is 0.457 e. The minimum Gasteiger partial charge on any atom is -0.457 e. The van der Waals surface area contributed by atoms with Gasteiger partial charge in [0.15, 0.2) is 0 Å². The van der Waals surface area contributed by atoms with Gasteiger partial charge in [-0.1, -0.05) is 28.1 Å². The Morgan fingerprint density at radius 2 is 1.95 bits per heavy atom. The molecule has 1 atom stereocenters. The number of hydrogen-bond donors (Lipinski definition) is 1. The molecule has 2 aromatic carbocycles. The minimum absolute atomic E-state index is 0.239. The van der Waals surface area contributed by atoms with Crippen molar-refractivity contribution in [3.05, 3.63) is 58.3 Å². The summed E-state index contributed by atoms with van der Waals surface area (Å²) >= 11 is 3.25. The van der Waals surface area contributed by atoms with Crippen molar-refractivity contribution >= 4 is 15.9 Å². The normalized spacial score (nSPS) is 12.2. The summed E-state index contributed by atoms with van der Waals surface area (Å²) < 4.78 is 19.6. The van der Waals surface area contributed by atoms with Gasteiger partial charge < -0.3 is 10.1 Å². The minimum atomic E-state index is -0.330. The van der Waals surface area contributed by atoms with Crippen LogP contribution in [-0.2, 0) is 0 Å². The number of halogens is 2. The van der Waals surface area contributed by atoms with Crippen molar-refractivity contribution < 1.29 is 9.13 Å². The molecule has 4 heteroatoms. The summed E-state index contributed by atoms with van der Waals surface area (Å²) in [5, 5.41) is 3.17. The van der Waals surface area contributed by atoms with Crippen molar-refractivity contribution in [2.75, 3.05) is 7.05 Å². The van der Waals surface area contributed by atoms with Crippen LogP contribution in [0.4, 0.5) is 4.39 Å². The van der Waals surface area contributed by atoms with Gasteiger partial charge in [-0.3, -0.25) is 0 Å². The summed E-state index contributed by atoms with van der Waals surface area (Å²) in [6, 6.07) is 12.5. The second-order valence-corrected chi connectivity index (χ2v) is 5.21. The second-order valence-electron chi connectivity index (χ2n) is 4.29. The van der Waals surface area contributed by atoms with E-state index in [-0.39, 0.29) is 11.9 Å². The van der Waals surface area contributed by atoms with Crippen LogP contribution in [0.2, 0.25) is 0 Å². The van der Waals surface area contributed by atoms with Gasteiger partial charge in [-0.2, -0.15) is 0 Å². The Morgan fingerprint density at radius 1 is 1.16 bits per heavy atom. The Bertz CT molecular complexity index is 554. The van der Waals surface area contributed by atoms with E-state index in [0.29, 0.717) is 16.0 Å². The molecule has 100 valence electrons. The zero-order valence-corrected chi connectivity index (χ0v) is 12.4. The van der Waals surface area contributed by atoms with Crippen molar-refractivity contribution in [1.82, 2.24) is 5.32 Å². The number of benzene rings is 2. The fraction of sp³-hybridized carbons (Fsp3) is 0.200. The van der Waals surface area contributed by atoms with Crippen LogP contribution in [-0.4, -0.2) is 7.05 Å². The molecule has 2 rings (SSSR count). The molecule has 2 aromatic rings. The third-order valence-electron chi connectivity index (χ3n) is 2.86. The van der Waals surface area contributed by atoms with Gasteiger partial charge in [0.2, 0.25) is 0 Å². The van der Waals surface area contributed by atoms with Crippen LogP contribution in [0, 0.1) is 5.82 Å². The van der Waals surface area contributed by atoms with Gasteiger partial charge in [0, 0.05) is 16.6 Å². The highest BCUT2D eigenvalue weighted by Gasteiger charge is 2.05. The topological polar surface area (TPSA) is 21.3 Å². The fourth-order valence-electron chi connectivity index (χ4n) is 1.74. The van der Waals surface area contributed by atoms with Crippen LogP contribution >= 0.6 is 15.9 Å². The third kappa shape index (κ3) is 3.78. The molecular formula is C15H15BrFNO. The summed E-state index contributed by atoms with van der Waals surface area (Å²) in [6.45, 7) is 2.07. The van der Waals surface area contributed by atoms with Gasteiger partial charge >= 0.3 is 0 Å². The molecule has 0 aliphatic rings. The lowest BCUT2D eigenvalue weighted by Crippen LogP contribution is -2.11. The Labute approximate surface area is 120 Å². The maximum Gasteiger partial charge on any atom is 0.131 e. The molecule has 0 saturated heterocycles. The highest BCUT2D eigenvalue weighted by molar-refractivity contribution is 9.10. The molecule has 0 radical (unpaired) electrons. The second kappa shape index (κ2) is 6.17. The number of nitrogens with one attached hydrogen (secondary N) is 1. The molecule has 0 aromatic heterocycles. The van der Waals surface area contributed by atoms with Crippen molar-refractivity contribution in [2.24, 2.45) is 0 Å². The van der Waals surface area contributed by atoms with Crippen LogP contribution in [0.5, 0.6) is 11.5 Å². The Hall–Kier alpha value is -1.39. The maximum atomic E-state index is 13.3. The smallest absolute Gasteiger partial charge is 0.131 e. The fourth-order valence-corrected chi connectivity index (χ4v) is 2.18. The molecule has 0 spiro atoms. The zero-order chi connectivity index (χ0) is 13.8. The van der Waals surface area contributed by atoms with Gasteiger partial charge in [0.1, 0.15) is 17.3 Å². The molecule has 0 fully saturated rings. The molecule has 0 saturated carbocycles. The monoisotopic (exact) mass is 323 g/mol. The van der Waals surface area contributed by atoms with E-state index < -0.39 is 0 Å². The third-order valence-corrected chi connectivity index (χ3v) is 3.32. The van der Waals surface area contributed by atoms with E-state index in [1.165, 1.54) is 12.1 Å². The van der Waals surface area contributed by atoms with Crippen LogP contribution in [0.1, 0.15) is 18.5 Å². The van der Waals surface area contributed by atoms with Gasteiger partial charge in [0.05, 0.1) is 0 Å². The van der Waals surface area contributed by atoms with E-state index in [1.807, 2.05) is 31.3 Å².